The molecule has 0 saturated heterocycles. The van der Waals surface area contributed by atoms with Crippen LogP contribution in [-0.4, -0.2) is 6.16 Å². The molecule has 2 aromatic carbocycles. The van der Waals surface area contributed by atoms with E-state index in [1.54, 1.807) is 0 Å². The van der Waals surface area contributed by atoms with Gasteiger partial charge in [-0.3, -0.25) is 0 Å². The Labute approximate surface area is 669 Å². The lowest BCUT2D eigenvalue weighted by Gasteiger charge is -2.48. The third kappa shape index (κ3) is 40.1. The molecule has 106 heavy (non-hydrogen) atoms. The van der Waals surface area contributed by atoms with Crippen LogP contribution in [0.25, 0.3) is 0 Å². The van der Waals surface area contributed by atoms with E-state index < -0.39 is 7.14 Å². The molecule has 0 aliphatic rings. The van der Waals surface area contributed by atoms with Crippen LogP contribution in [0, 0.1) is 125 Å². The van der Waals surface area contributed by atoms with E-state index >= 15 is 4.57 Å². The Kier molecular flexibility index (Phi) is 32.5. The van der Waals surface area contributed by atoms with Gasteiger partial charge in [-0.15, -0.1) is 0 Å². The molecule has 0 bridgehead atoms. The molecule has 0 heterocycles. The second kappa shape index (κ2) is 34.2. The van der Waals surface area contributed by atoms with Crippen molar-refractivity contribution < 1.29 is 4.57 Å². The Morgan fingerprint density at radius 1 is 0.198 bits per heavy atom. The fourth-order valence-electron chi connectivity index (χ4n) is 31.8. The minimum absolute atomic E-state index is 0.124. The fourth-order valence-corrected chi connectivity index (χ4v) is 34.8. The molecule has 622 valence electrons. The molecule has 0 amide bonds. The van der Waals surface area contributed by atoms with Crippen molar-refractivity contribution in [3.8, 4) is 0 Å². The standard InChI is InChI=1S/C104H195OP/c1-80(58-106(105,81-53-49-47-50-54-81)82-55-51-48-52-56-82)57-84(5,6)60-86(9,10)62-88(13,14)64-90(17,18)66-92(21,22)68-94(25,26)70-96(29,30)72-98(33,34)74-100(37,38)76-102(41,42)78-104(45,46)79-103(43,44)77-101(39,40)75-99(35,36)73-97(31,32)71-95(27,28)69-93(23,24)67-91(19,20)65-89(15,16)63-87(11,12)61-85(7,8)59-83(2,3)4/h47-56,80H,57-79H2,1-46H3. The molecule has 2 aromatic rings. The summed E-state index contributed by atoms with van der Waals surface area (Å²) in [5.74, 6) is 0.331. The topological polar surface area (TPSA) is 17.1 Å². The van der Waals surface area contributed by atoms with E-state index in [-0.39, 0.29) is 103 Å². The summed E-state index contributed by atoms with van der Waals surface area (Å²) < 4.78 is 15.1. The Bertz CT molecular complexity index is 2970. The van der Waals surface area contributed by atoms with Gasteiger partial charge >= 0.3 is 0 Å². The first-order chi connectivity index (χ1) is 46.2. The molecule has 0 aromatic heterocycles. The van der Waals surface area contributed by atoms with Crippen LogP contribution >= 0.6 is 7.14 Å². The van der Waals surface area contributed by atoms with E-state index in [0.717, 1.165) is 23.5 Å². The van der Waals surface area contributed by atoms with E-state index in [1.165, 1.54) is 128 Å². The summed E-state index contributed by atoms with van der Waals surface area (Å²) in [6.07, 6.45) is 28.0. The average molecular weight is 1490 g/mol. The highest BCUT2D eigenvalue weighted by atomic mass is 31.2. The van der Waals surface area contributed by atoms with Crippen molar-refractivity contribution in [3.63, 3.8) is 0 Å². The highest BCUT2D eigenvalue weighted by Crippen LogP contribution is 2.60. The quantitative estimate of drug-likeness (QED) is 0.0604. The van der Waals surface area contributed by atoms with Crippen LogP contribution in [0.1, 0.15) is 460 Å². The zero-order chi connectivity index (χ0) is 83.6. The molecule has 2 rings (SSSR count). The van der Waals surface area contributed by atoms with Gasteiger partial charge in [-0.2, -0.15) is 0 Å². The van der Waals surface area contributed by atoms with Gasteiger partial charge in [0.05, 0.1) is 0 Å². The number of rotatable bonds is 47. The van der Waals surface area contributed by atoms with Crippen LogP contribution in [0.4, 0.5) is 0 Å². The second-order valence-electron chi connectivity index (χ2n) is 56.6. The zero-order valence-corrected chi connectivity index (χ0v) is 82.4. The SMILES string of the molecule is CC(CC(C)(C)CC(C)(C)CC(C)(C)CC(C)(C)CC(C)(C)CC(C)(C)CC(C)(C)CC(C)(C)CC(C)(C)CC(C)(C)CC(C)(C)CC(C)(C)CC(C)(C)CC(C)(C)CC(C)(C)CC(C)(C)CC(C)(C)CC(C)(C)CC(C)(C)CC(C)(C)CC(C)(C)CC(C)(C)C)CP(=O)(c1ccccc1)c1ccccc1. The van der Waals surface area contributed by atoms with Gasteiger partial charge in [-0.05, 0) is 266 Å². The van der Waals surface area contributed by atoms with Crippen molar-refractivity contribution in [2.24, 2.45) is 125 Å². The number of hydrogen-bond acceptors (Lipinski definition) is 1. The van der Waals surface area contributed by atoms with Crippen molar-refractivity contribution in [1.82, 2.24) is 0 Å². The highest BCUT2D eigenvalue weighted by molar-refractivity contribution is 7.78. The van der Waals surface area contributed by atoms with E-state index in [0.29, 0.717) is 28.3 Å². The molecular weight excluding hydrogens is 1300 g/mol. The summed E-state index contributed by atoms with van der Waals surface area (Å²) in [6, 6.07) is 20.6. The van der Waals surface area contributed by atoms with Crippen molar-refractivity contribution >= 4 is 17.8 Å². The Hall–Kier alpha value is -1.33. The predicted octanol–water partition coefficient (Wildman–Crippen LogP) is 34.8. The molecule has 0 radical (unpaired) electrons. The maximum atomic E-state index is 15.1. The van der Waals surface area contributed by atoms with Crippen LogP contribution < -0.4 is 10.6 Å². The summed E-state index contributed by atoms with van der Waals surface area (Å²) >= 11 is 0. The maximum absolute atomic E-state index is 15.1. The van der Waals surface area contributed by atoms with Crippen LogP contribution in [-0.2, 0) is 4.57 Å². The smallest absolute Gasteiger partial charge is 0.143 e. The summed E-state index contributed by atoms with van der Waals surface area (Å²) in [4.78, 5) is 0. The lowest BCUT2D eigenvalue weighted by atomic mass is 9.57. The monoisotopic (exact) mass is 1490 g/mol. The zero-order valence-electron chi connectivity index (χ0n) is 81.5. The molecule has 1 atom stereocenters. The molecule has 1 nitrogen and oxygen atoms in total. The van der Waals surface area contributed by atoms with Crippen molar-refractivity contribution in [2.45, 2.75) is 460 Å². The third-order valence-electron chi connectivity index (χ3n) is 24.0. The van der Waals surface area contributed by atoms with E-state index in [9.17, 15) is 0 Å². The molecule has 0 aliphatic heterocycles. The molecule has 0 saturated carbocycles. The van der Waals surface area contributed by atoms with Gasteiger partial charge in [-0.1, -0.05) is 379 Å². The van der Waals surface area contributed by atoms with E-state index in [4.69, 9.17) is 0 Å². The number of hydrogen-bond donors (Lipinski definition) is 0. The van der Waals surface area contributed by atoms with Gasteiger partial charge in [0.1, 0.15) is 7.14 Å². The Morgan fingerprint density at radius 2 is 0.321 bits per heavy atom. The predicted molar refractivity (Wildman–Crippen MR) is 484 cm³/mol. The van der Waals surface area contributed by atoms with Crippen LogP contribution in [0.3, 0.4) is 0 Å². The van der Waals surface area contributed by atoms with Gasteiger partial charge in [0, 0.05) is 16.8 Å². The van der Waals surface area contributed by atoms with Crippen LogP contribution in [0.5, 0.6) is 0 Å². The Morgan fingerprint density at radius 3 is 0.453 bits per heavy atom. The van der Waals surface area contributed by atoms with Crippen LogP contribution in [0.2, 0.25) is 0 Å². The minimum atomic E-state index is -2.77. The minimum Gasteiger partial charge on any atom is -0.314 e. The molecule has 0 aliphatic carbocycles. The first-order valence-corrected chi connectivity index (χ1v) is 45.8. The van der Waals surface area contributed by atoms with Crippen molar-refractivity contribution in [1.29, 1.82) is 0 Å². The van der Waals surface area contributed by atoms with Gasteiger partial charge in [0.25, 0.3) is 0 Å². The summed E-state index contributed by atoms with van der Waals surface area (Å²) in [7, 11) is -2.77. The lowest BCUT2D eigenvalue weighted by Crippen LogP contribution is -2.37. The fraction of sp³-hybridized carbons (Fsp3) is 0.885. The highest BCUT2D eigenvalue weighted by Gasteiger charge is 2.48. The third-order valence-corrected chi connectivity index (χ3v) is 27.4. The van der Waals surface area contributed by atoms with Gasteiger partial charge in [0.2, 0.25) is 0 Å². The second-order valence-corrected chi connectivity index (χ2v) is 59.5. The maximum Gasteiger partial charge on any atom is 0.143 e. The van der Waals surface area contributed by atoms with E-state index in [2.05, 4.69) is 343 Å². The Balaban J connectivity index is 2.06. The molecule has 0 spiro atoms. The first kappa shape index (κ1) is 101. The van der Waals surface area contributed by atoms with E-state index in [1.807, 2.05) is 36.4 Å². The van der Waals surface area contributed by atoms with Crippen molar-refractivity contribution in [3.05, 3.63) is 60.7 Å². The lowest BCUT2D eigenvalue weighted by molar-refractivity contribution is 0.0268. The van der Waals surface area contributed by atoms with Gasteiger partial charge in [0.15, 0.2) is 0 Å². The summed E-state index contributed by atoms with van der Waals surface area (Å²) in [5.41, 5.74) is 5.39. The summed E-state index contributed by atoms with van der Waals surface area (Å²) in [6.45, 7) is 118. The van der Waals surface area contributed by atoms with Gasteiger partial charge in [-0.25, -0.2) is 0 Å². The molecule has 0 N–H and O–H groups in total. The van der Waals surface area contributed by atoms with Crippen LogP contribution in [0.15, 0.2) is 60.7 Å². The largest absolute Gasteiger partial charge is 0.314 e. The van der Waals surface area contributed by atoms with Crippen molar-refractivity contribution in [2.75, 3.05) is 6.16 Å². The molecule has 1 unspecified atom stereocenters. The molecular formula is C104H195OP. The molecule has 0 fully saturated rings. The normalized spacial score (nSPS) is 15.9. The van der Waals surface area contributed by atoms with Gasteiger partial charge < -0.3 is 4.57 Å². The summed E-state index contributed by atoms with van der Waals surface area (Å²) in [5, 5.41) is 1.97. The first-order valence-electron chi connectivity index (χ1n) is 43.9. The average Bonchev–Trinajstić information content (AvgIpc) is 0.800. The molecule has 2 heteroatoms. The number of benzene rings is 2.